The maximum atomic E-state index is 12.5. The number of aromatic amines is 1. The van der Waals surface area contributed by atoms with Crippen molar-refractivity contribution < 1.29 is 9.47 Å². The summed E-state index contributed by atoms with van der Waals surface area (Å²) in [4.78, 5) is 19.9. The van der Waals surface area contributed by atoms with Crippen molar-refractivity contribution in [1.29, 1.82) is 0 Å². The number of H-pyrrole nitrogens is 1. The van der Waals surface area contributed by atoms with Crippen LogP contribution in [0.15, 0.2) is 41.2 Å². The molecular weight excluding hydrogens is 366 g/mol. The maximum absolute atomic E-state index is 12.5. The topological polar surface area (TPSA) is 69.1 Å². The van der Waals surface area contributed by atoms with E-state index in [1.54, 1.807) is 26.4 Å². The van der Waals surface area contributed by atoms with Gasteiger partial charge in [0.25, 0.3) is 5.56 Å². The lowest BCUT2D eigenvalue weighted by Crippen LogP contribution is -2.08. The van der Waals surface area contributed by atoms with E-state index in [0.29, 0.717) is 22.8 Å². The Morgan fingerprint density at radius 3 is 2.70 bits per heavy atom. The van der Waals surface area contributed by atoms with Crippen LogP contribution in [0.25, 0.3) is 21.9 Å². The molecule has 0 aliphatic rings. The number of benzene rings is 2. The van der Waals surface area contributed by atoms with Gasteiger partial charge in [-0.05, 0) is 37.3 Å². The number of aryl methyl sites for hydroxylation is 1. The summed E-state index contributed by atoms with van der Waals surface area (Å²) in [5, 5.41) is 1.45. The van der Waals surface area contributed by atoms with Gasteiger partial charge in [-0.2, -0.15) is 0 Å². The predicted molar refractivity (Wildman–Crippen MR) is 106 cm³/mol. The lowest BCUT2D eigenvalue weighted by molar-refractivity contribution is 0.390. The smallest absolute Gasteiger partial charge is 0.276 e. The number of methoxy groups -OCH3 is 2. The average molecular weight is 384 g/mol. The molecule has 0 spiro atoms. The molecule has 0 saturated heterocycles. The van der Waals surface area contributed by atoms with Crippen molar-refractivity contribution in [3.05, 3.63) is 63.2 Å². The number of aromatic nitrogens is 3. The number of fused-ring (bicyclic) bond motifs is 3. The maximum Gasteiger partial charge on any atom is 0.276 e. The Bertz CT molecular complexity index is 1230. The van der Waals surface area contributed by atoms with Crippen LogP contribution in [0.5, 0.6) is 11.5 Å². The zero-order valence-corrected chi connectivity index (χ0v) is 15.9. The van der Waals surface area contributed by atoms with Crippen molar-refractivity contribution in [2.75, 3.05) is 14.2 Å². The second kappa shape index (κ2) is 6.63. The summed E-state index contributed by atoms with van der Waals surface area (Å²) >= 11 is 6.20. The summed E-state index contributed by atoms with van der Waals surface area (Å²) in [6.07, 6.45) is 0. The van der Waals surface area contributed by atoms with Crippen LogP contribution < -0.4 is 15.0 Å². The molecule has 4 rings (SSSR count). The van der Waals surface area contributed by atoms with Crippen molar-refractivity contribution in [2.45, 2.75) is 13.5 Å². The first kappa shape index (κ1) is 17.4. The Morgan fingerprint density at radius 2 is 1.96 bits per heavy atom. The number of ether oxygens (including phenoxy) is 2. The Kier molecular flexibility index (Phi) is 4.28. The number of nitrogens with zero attached hydrogens (tertiary/aromatic N) is 2. The minimum atomic E-state index is -0.219. The molecule has 2 aromatic carbocycles. The summed E-state index contributed by atoms with van der Waals surface area (Å²) in [7, 11) is 3.24. The van der Waals surface area contributed by atoms with Crippen molar-refractivity contribution in [3.63, 3.8) is 0 Å². The molecule has 0 aliphatic heterocycles. The number of hydrogen-bond acceptors (Lipinski definition) is 4. The van der Waals surface area contributed by atoms with Crippen molar-refractivity contribution in [1.82, 2.24) is 14.5 Å². The Hall–Kier alpha value is -2.99. The third-order valence-electron chi connectivity index (χ3n) is 4.68. The SMILES string of the molecule is COc1ccc(Cn2c(C)nc3c(=O)[nH]c4ccc(Cl)cc4c32)c(OC)c1. The van der Waals surface area contributed by atoms with Crippen LogP contribution in [-0.4, -0.2) is 28.8 Å². The zero-order chi connectivity index (χ0) is 19.1. The van der Waals surface area contributed by atoms with Gasteiger partial charge in [0.15, 0.2) is 5.52 Å². The van der Waals surface area contributed by atoms with Crippen LogP contribution in [-0.2, 0) is 6.54 Å². The van der Waals surface area contributed by atoms with Gasteiger partial charge >= 0.3 is 0 Å². The van der Waals surface area contributed by atoms with Gasteiger partial charge in [-0.25, -0.2) is 4.98 Å². The van der Waals surface area contributed by atoms with Gasteiger partial charge in [-0.1, -0.05) is 11.6 Å². The van der Waals surface area contributed by atoms with E-state index >= 15 is 0 Å². The largest absolute Gasteiger partial charge is 0.497 e. The van der Waals surface area contributed by atoms with Gasteiger partial charge in [0.05, 0.1) is 31.8 Å². The van der Waals surface area contributed by atoms with E-state index in [0.717, 1.165) is 33.6 Å². The highest BCUT2D eigenvalue weighted by Crippen LogP contribution is 2.29. The van der Waals surface area contributed by atoms with E-state index in [1.165, 1.54) is 0 Å². The van der Waals surface area contributed by atoms with Crippen molar-refractivity contribution in [2.24, 2.45) is 0 Å². The minimum absolute atomic E-state index is 0.219. The fraction of sp³-hybridized carbons (Fsp3) is 0.200. The molecule has 1 N–H and O–H groups in total. The standard InChI is InChI=1S/C20H18ClN3O3/c1-11-22-18-19(15-8-13(21)5-7-16(15)23-20(18)25)24(11)10-12-4-6-14(26-2)9-17(12)27-3/h4-9H,10H2,1-3H3,(H,23,25). The number of imidazole rings is 1. The Labute approximate surface area is 160 Å². The normalized spacial score (nSPS) is 11.3. The average Bonchev–Trinajstić information content (AvgIpc) is 3.00. The van der Waals surface area contributed by atoms with Crippen LogP contribution >= 0.6 is 11.6 Å². The summed E-state index contributed by atoms with van der Waals surface area (Å²) in [5.74, 6) is 2.17. The number of pyridine rings is 1. The van der Waals surface area contributed by atoms with E-state index in [1.807, 2.05) is 35.8 Å². The molecular formula is C20H18ClN3O3. The quantitative estimate of drug-likeness (QED) is 0.580. The van der Waals surface area contributed by atoms with E-state index < -0.39 is 0 Å². The molecule has 2 aromatic heterocycles. The van der Waals surface area contributed by atoms with E-state index in [2.05, 4.69) is 9.97 Å². The van der Waals surface area contributed by atoms with Gasteiger partial charge < -0.3 is 19.0 Å². The monoisotopic (exact) mass is 383 g/mol. The third-order valence-corrected chi connectivity index (χ3v) is 4.92. The van der Waals surface area contributed by atoms with Crippen LogP contribution in [0.1, 0.15) is 11.4 Å². The molecule has 0 amide bonds. The van der Waals surface area contributed by atoms with Crippen LogP contribution in [0.3, 0.4) is 0 Å². The van der Waals surface area contributed by atoms with Crippen LogP contribution in [0.2, 0.25) is 5.02 Å². The van der Waals surface area contributed by atoms with Crippen molar-refractivity contribution in [3.8, 4) is 11.5 Å². The highest BCUT2D eigenvalue weighted by Gasteiger charge is 2.16. The molecule has 7 heteroatoms. The molecule has 27 heavy (non-hydrogen) atoms. The third kappa shape index (κ3) is 2.92. The number of nitrogens with one attached hydrogen (secondary N) is 1. The highest BCUT2D eigenvalue weighted by atomic mass is 35.5. The van der Waals surface area contributed by atoms with Crippen LogP contribution in [0.4, 0.5) is 0 Å². The molecule has 0 unspecified atom stereocenters. The molecule has 2 heterocycles. The number of hydrogen-bond donors (Lipinski definition) is 1. The number of rotatable bonds is 4. The predicted octanol–water partition coefficient (Wildman–Crippen LogP) is 3.91. The van der Waals surface area contributed by atoms with Gasteiger partial charge in [0, 0.05) is 22.0 Å². The Balaban J connectivity index is 1.97. The molecule has 0 bridgehead atoms. The summed E-state index contributed by atoms with van der Waals surface area (Å²) in [6.45, 7) is 2.38. The second-order valence-electron chi connectivity index (χ2n) is 6.26. The molecule has 0 saturated carbocycles. The fourth-order valence-corrected chi connectivity index (χ4v) is 3.52. The molecule has 6 nitrogen and oxygen atoms in total. The first-order chi connectivity index (χ1) is 13.0. The van der Waals surface area contributed by atoms with Gasteiger partial charge in [-0.15, -0.1) is 0 Å². The lowest BCUT2D eigenvalue weighted by atomic mass is 10.1. The van der Waals surface area contributed by atoms with E-state index in [4.69, 9.17) is 21.1 Å². The summed E-state index contributed by atoms with van der Waals surface area (Å²) < 4.78 is 12.8. The number of halogens is 1. The second-order valence-corrected chi connectivity index (χ2v) is 6.70. The zero-order valence-electron chi connectivity index (χ0n) is 15.2. The van der Waals surface area contributed by atoms with Gasteiger partial charge in [0.2, 0.25) is 0 Å². The molecule has 138 valence electrons. The first-order valence-corrected chi connectivity index (χ1v) is 8.79. The minimum Gasteiger partial charge on any atom is -0.497 e. The van der Waals surface area contributed by atoms with E-state index in [-0.39, 0.29) is 5.56 Å². The van der Waals surface area contributed by atoms with Gasteiger partial charge in [0.1, 0.15) is 17.3 Å². The highest BCUT2D eigenvalue weighted by molar-refractivity contribution is 6.31. The lowest BCUT2D eigenvalue weighted by Gasteiger charge is -2.13. The fourth-order valence-electron chi connectivity index (χ4n) is 3.35. The van der Waals surface area contributed by atoms with E-state index in [9.17, 15) is 4.79 Å². The molecule has 4 aromatic rings. The first-order valence-electron chi connectivity index (χ1n) is 8.41. The van der Waals surface area contributed by atoms with Crippen LogP contribution in [0, 0.1) is 6.92 Å². The Morgan fingerprint density at radius 1 is 1.15 bits per heavy atom. The van der Waals surface area contributed by atoms with Crippen molar-refractivity contribution >= 4 is 33.5 Å². The van der Waals surface area contributed by atoms with Gasteiger partial charge in [-0.3, -0.25) is 4.79 Å². The molecule has 0 aliphatic carbocycles. The molecule has 0 fully saturated rings. The summed E-state index contributed by atoms with van der Waals surface area (Å²) in [5.41, 5.74) is 2.61. The molecule has 0 radical (unpaired) electrons. The summed E-state index contributed by atoms with van der Waals surface area (Å²) in [6, 6.07) is 11.1. The molecule has 0 atom stereocenters.